The van der Waals surface area contributed by atoms with Gasteiger partial charge in [0, 0.05) is 5.56 Å². The number of nitrogens with zero attached hydrogens (tertiary/aromatic N) is 1. The van der Waals surface area contributed by atoms with Crippen molar-refractivity contribution in [2.24, 2.45) is 5.73 Å². The monoisotopic (exact) mass is 265 g/mol. The summed E-state index contributed by atoms with van der Waals surface area (Å²) in [6, 6.07) is 5.34. The van der Waals surface area contributed by atoms with Gasteiger partial charge in [-0.2, -0.15) is 0 Å². The highest BCUT2D eigenvalue weighted by Crippen LogP contribution is 2.29. The largest absolute Gasteiger partial charge is 0.492 e. The Labute approximate surface area is 109 Å². The van der Waals surface area contributed by atoms with Crippen LogP contribution in [0.25, 0.3) is 11.3 Å². The molecule has 94 valence electrons. The van der Waals surface area contributed by atoms with Crippen LogP contribution in [0.2, 0.25) is 5.02 Å². The van der Waals surface area contributed by atoms with E-state index >= 15 is 0 Å². The number of H-pyrrole nitrogens is 1. The first-order chi connectivity index (χ1) is 8.61. The lowest BCUT2D eigenvalue weighted by Crippen LogP contribution is -2.12. The predicted molar refractivity (Wildman–Crippen MR) is 68.7 cm³/mol. The Morgan fingerprint density at radius 2 is 2.33 bits per heavy atom. The summed E-state index contributed by atoms with van der Waals surface area (Å²) in [5, 5.41) is 0.504. The van der Waals surface area contributed by atoms with Gasteiger partial charge in [-0.1, -0.05) is 11.6 Å². The van der Waals surface area contributed by atoms with Gasteiger partial charge in [-0.15, -0.1) is 0 Å². The van der Waals surface area contributed by atoms with Gasteiger partial charge in [0.2, 0.25) is 0 Å². The van der Waals surface area contributed by atoms with E-state index in [2.05, 4.69) is 9.97 Å². The molecule has 2 aromatic rings. The lowest BCUT2D eigenvalue weighted by molar-refractivity contribution is 0.0991. The zero-order valence-electron chi connectivity index (χ0n) is 9.74. The first-order valence-electron chi connectivity index (χ1n) is 5.39. The SMILES string of the molecule is CCOc1ccc(-c2cnc(C(N)=O)[nH]2)cc1Cl. The molecule has 1 amide bonds. The number of halogens is 1. The summed E-state index contributed by atoms with van der Waals surface area (Å²) in [5.41, 5.74) is 6.60. The van der Waals surface area contributed by atoms with E-state index in [1.165, 1.54) is 6.20 Å². The molecule has 0 radical (unpaired) electrons. The molecule has 0 fully saturated rings. The number of carbonyl (C=O) groups excluding carboxylic acids is 1. The lowest BCUT2D eigenvalue weighted by Gasteiger charge is -2.06. The number of carbonyl (C=O) groups is 1. The number of amides is 1. The average Bonchev–Trinajstić information content (AvgIpc) is 2.81. The topological polar surface area (TPSA) is 81.0 Å². The van der Waals surface area contributed by atoms with Crippen molar-refractivity contribution in [3.63, 3.8) is 0 Å². The molecule has 0 spiro atoms. The van der Waals surface area contributed by atoms with E-state index in [9.17, 15) is 4.79 Å². The second kappa shape index (κ2) is 5.10. The average molecular weight is 266 g/mol. The Balaban J connectivity index is 2.33. The zero-order valence-corrected chi connectivity index (χ0v) is 10.5. The van der Waals surface area contributed by atoms with Gasteiger partial charge in [-0.25, -0.2) is 4.98 Å². The summed E-state index contributed by atoms with van der Waals surface area (Å²) in [5.74, 6) is 0.144. The van der Waals surface area contributed by atoms with Crippen LogP contribution in [-0.2, 0) is 0 Å². The number of aromatic amines is 1. The summed E-state index contributed by atoms with van der Waals surface area (Å²) < 4.78 is 5.34. The molecule has 0 unspecified atom stereocenters. The first-order valence-corrected chi connectivity index (χ1v) is 5.77. The lowest BCUT2D eigenvalue weighted by atomic mass is 10.1. The van der Waals surface area contributed by atoms with E-state index in [4.69, 9.17) is 22.1 Å². The molecule has 6 heteroatoms. The van der Waals surface area contributed by atoms with Gasteiger partial charge < -0.3 is 15.5 Å². The van der Waals surface area contributed by atoms with Crippen LogP contribution in [0, 0.1) is 0 Å². The van der Waals surface area contributed by atoms with Crippen molar-refractivity contribution in [2.45, 2.75) is 6.92 Å². The quantitative estimate of drug-likeness (QED) is 0.889. The molecular weight excluding hydrogens is 254 g/mol. The minimum absolute atomic E-state index is 0.120. The van der Waals surface area contributed by atoms with E-state index in [0.717, 1.165) is 5.56 Å². The molecule has 1 aromatic carbocycles. The number of primary amides is 1. The molecule has 0 atom stereocenters. The van der Waals surface area contributed by atoms with Crippen LogP contribution in [0.5, 0.6) is 5.75 Å². The van der Waals surface area contributed by atoms with Crippen molar-refractivity contribution in [2.75, 3.05) is 6.61 Å². The van der Waals surface area contributed by atoms with Crippen molar-refractivity contribution in [3.8, 4) is 17.0 Å². The number of aromatic nitrogens is 2. The maximum absolute atomic E-state index is 10.9. The Morgan fingerprint density at radius 1 is 1.56 bits per heavy atom. The Kier molecular flexibility index (Phi) is 3.53. The standard InChI is InChI=1S/C12H12ClN3O2/c1-2-18-10-4-3-7(5-8(10)13)9-6-15-12(16-9)11(14)17/h3-6H,2H2,1H3,(H2,14,17)(H,15,16). The second-order valence-corrected chi connectivity index (χ2v) is 4.00. The van der Waals surface area contributed by atoms with Crippen molar-refractivity contribution >= 4 is 17.5 Å². The molecule has 0 saturated carbocycles. The highest BCUT2D eigenvalue weighted by atomic mass is 35.5. The Hall–Kier alpha value is -2.01. The number of nitrogens with one attached hydrogen (secondary N) is 1. The van der Waals surface area contributed by atoms with Crippen LogP contribution in [0.1, 0.15) is 17.5 Å². The highest BCUT2D eigenvalue weighted by molar-refractivity contribution is 6.32. The molecule has 0 saturated heterocycles. The fourth-order valence-electron chi connectivity index (χ4n) is 1.53. The van der Waals surface area contributed by atoms with Gasteiger partial charge >= 0.3 is 0 Å². The molecule has 0 aliphatic carbocycles. The van der Waals surface area contributed by atoms with Gasteiger partial charge in [0.25, 0.3) is 5.91 Å². The number of rotatable bonds is 4. The third-order valence-electron chi connectivity index (χ3n) is 2.35. The summed E-state index contributed by atoms with van der Waals surface area (Å²) in [6.45, 7) is 2.44. The van der Waals surface area contributed by atoms with Crippen molar-refractivity contribution in [3.05, 3.63) is 35.2 Å². The molecule has 2 rings (SSSR count). The van der Waals surface area contributed by atoms with Gasteiger partial charge in [-0.05, 0) is 25.1 Å². The zero-order chi connectivity index (χ0) is 13.1. The molecule has 5 nitrogen and oxygen atoms in total. The van der Waals surface area contributed by atoms with Gasteiger partial charge in [-0.3, -0.25) is 4.79 Å². The summed E-state index contributed by atoms with van der Waals surface area (Å²) in [4.78, 5) is 17.6. The number of imidazole rings is 1. The minimum atomic E-state index is -0.599. The molecule has 1 heterocycles. The van der Waals surface area contributed by atoms with E-state index in [1.54, 1.807) is 12.1 Å². The molecule has 0 bridgehead atoms. The maximum Gasteiger partial charge on any atom is 0.284 e. The summed E-state index contributed by atoms with van der Waals surface area (Å²) in [6.07, 6.45) is 1.53. The molecular formula is C12H12ClN3O2. The third-order valence-corrected chi connectivity index (χ3v) is 2.65. The number of nitrogens with two attached hydrogens (primary N) is 1. The first kappa shape index (κ1) is 12.4. The molecule has 18 heavy (non-hydrogen) atoms. The number of benzene rings is 1. The number of ether oxygens (including phenoxy) is 1. The molecule has 3 N–H and O–H groups in total. The second-order valence-electron chi connectivity index (χ2n) is 3.59. The fraction of sp³-hybridized carbons (Fsp3) is 0.167. The van der Waals surface area contributed by atoms with Crippen LogP contribution in [-0.4, -0.2) is 22.5 Å². The Morgan fingerprint density at radius 3 is 2.89 bits per heavy atom. The molecule has 0 aliphatic heterocycles. The van der Waals surface area contributed by atoms with Gasteiger partial charge in [0.1, 0.15) is 5.75 Å². The number of hydrogen-bond donors (Lipinski definition) is 2. The number of hydrogen-bond acceptors (Lipinski definition) is 3. The van der Waals surface area contributed by atoms with E-state index in [0.29, 0.717) is 23.1 Å². The van der Waals surface area contributed by atoms with Crippen molar-refractivity contribution in [1.29, 1.82) is 0 Å². The summed E-state index contributed by atoms with van der Waals surface area (Å²) in [7, 11) is 0. The minimum Gasteiger partial charge on any atom is -0.492 e. The van der Waals surface area contributed by atoms with Gasteiger partial charge in [0.15, 0.2) is 5.82 Å². The van der Waals surface area contributed by atoms with E-state index < -0.39 is 5.91 Å². The van der Waals surface area contributed by atoms with Gasteiger partial charge in [0.05, 0.1) is 23.5 Å². The molecule has 0 aliphatic rings. The van der Waals surface area contributed by atoms with E-state index in [1.807, 2.05) is 13.0 Å². The Bertz CT molecular complexity index is 580. The fourth-order valence-corrected chi connectivity index (χ4v) is 1.77. The normalized spacial score (nSPS) is 10.3. The maximum atomic E-state index is 10.9. The van der Waals surface area contributed by atoms with Crippen LogP contribution in [0.4, 0.5) is 0 Å². The smallest absolute Gasteiger partial charge is 0.284 e. The van der Waals surface area contributed by atoms with Crippen LogP contribution in [0.3, 0.4) is 0 Å². The highest BCUT2D eigenvalue weighted by Gasteiger charge is 2.09. The predicted octanol–water partition coefficient (Wildman–Crippen LogP) is 2.23. The van der Waals surface area contributed by atoms with Crippen molar-refractivity contribution < 1.29 is 9.53 Å². The van der Waals surface area contributed by atoms with Crippen LogP contribution >= 0.6 is 11.6 Å². The van der Waals surface area contributed by atoms with Crippen LogP contribution in [0.15, 0.2) is 24.4 Å². The molecule has 1 aromatic heterocycles. The summed E-state index contributed by atoms with van der Waals surface area (Å²) >= 11 is 6.08. The van der Waals surface area contributed by atoms with E-state index in [-0.39, 0.29) is 5.82 Å². The van der Waals surface area contributed by atoms with Crippen molar-refractivity contribution in [1.82, 2.24) is 9.97 Å². The third kappa shape index (κ3) is 2.46. The van der Waals surface area contributed by atoms with Crippen LogP contribution < -0.4 is 10.5 Å².